The minimum absolute atomic E-state index is 0. The van der Waals surface area contributed by atoms with E-state index in [1.54, 1.807) is 0 Å². The Hall–Kier alpha value is -1.39. The smallest absolute Gasteiger partial charge is 0.220 e. The first kappa shape index (κ1) is 20.9. The number of carbonyl (C=O) groups is 1. The van der Waals surface area contributed by atoms with Crippen molar-refractivity contribution in [1.29, 1.82) is 0 Å². The number of carbonyl (C=O) groups excluding carboxylic acids is 1. The highest BCUT2D eigenvalue weighted by Crippen LogP contribution is 2.17. The van der Waals surface area contributed by atoms with Gasteiger partial charge in [-0.05, 0) is 26.2 Å². The van der Waals surface area contributed by atoms with Crippen LogP contribution in [0.2, 0.25) is 0 Å². The van der Waals surface area contributed by atoms with Crippen molar-refractivity contribution in [1.82, 2.24) is 30.7 Å². The van der Waals surface area contributed by atoms with Crippen molar-refractivity contribution in [3.63, 3.8) is 0 Å². The molecule has 0 radical (unpaired) electrons. The number of nitrogens with zero attached hydrogens (tertiary/aromatic N) is 4. The second-order valence-corrected chi connectivity index (χ2v) is 7.05. The Morgan fingerprint density at radius 1 is 1.19 bits per heavy atom. The SMILES string of the molecule is Cc1nnc(CN=C(NC2CCCCC2)NC2CCC(=O)NC2)n1C.I. The largest absolute Gasteiger partial charge is 0.354 e. The molecule has 1 amide bonds. The highest BCUT2D eigenvalue weighted by Gasteiger charge is 2.21. The fraction of sp³-hybridized carbons (Fsp3) is 0.765. The van der Waals surface area contributed by atoms with Gasteiger partial charge >= 0.3 is 0 Å². The highest BCUT2D eigenvalue weighted by atomic mass is 127. The van der Waals surface area contributed by atoms with E-state index in [9.17, 15) is 4.79 Å². The molecule has 0 aromatic carbocycles. The molecule has 1 saturated carbocycles. The second kappa shape index (κ2) is 10.1. The molecular weight excluding hydrogens is 445 g/mol. The standard InChI is InChI=1S/C17H29N7O.HI/c1-12-22-23-15(24(12)2)11-19-17(20-13-6-4-3-5-7-13)21-14-8-9-16(25)18-10-14;/h13-14H,3-11H2,1-2H3,(H,18,25)(H2,19,20,21);1H. The number of aliphatic imine (C=N–C) groups is 1. The molecule has 1 aromatic rings. The lowest BCUT2D eigenvalue weighted by Gasteiger charge is -2.29. The van der Waals surface area contributed by atoms with Crippen LogP contribution >= 0.6 is 24.0 Å². The van der Waals surface area contributed by atoms with Gasteiger partial charge in [-0.25, -0.2) is 4.99 Å². The van der Waals surface area contributed by atoms with E-state index in [1.807, 2.05) is 18.5 Å². The number of rotatable bonds is 4. The van der Waals surface area contributed by atoms with Crippen molar-refractivity contribution in [2.45, 2.75) is 70.5 Å². The van der Waals surface area contributed by atoms with Gasteiger partial charge in [0.15, 0.2) is 11.8 Å². The second-order valence-electron chi connectivity index (χ2n) is 7.05. The molecule has 2 aliphatic rings. The van der Waals surface area contributed by atoms with E-state index in [-0.39, 0.29) is 35.9 Å². The van der Waals surface area contributed by atoms with E-state index in [0.29, 0.717) is 25.6 Å². The number of piperidine rings is 1. The number of halogens is 1. The van der Waals surface area contributed by atoms with Crippen LogP contribution in [0.1, 0.15) is 56.6 Å². The average molecular weight is 475 g/mol. The van der Waals surface area contributed by atoms with Crippen molar-refractivity contribution in [3.8, 4) is 0 Å². The van der Waals surface area contributed by atoms with Crippen molar-refractivity contribution < 1.29 is 4.79 Å². The lowest BCUT2D eigenvalue weighted by atomic mass is 9.96. The Morgan fingerprint density at radius 2 is 1.92 bits per heavy atom. The molecule has 1 saturated heterocycles. The molecule has 9 heteroatoms. The number of hydrogen-bond acceptors (Lipinski definition) is 4. The summed E-state index contributed by atoms with van der Waals surface area (Å²) in [5.74, 6) is 2.68. The molecule has 26 heavy (non-hydrogen) atoms. The van der Waals surface area contributed by atoms with Crippen LogP contribution in [-0.4, -0.2) is 45.3 Å². The molecule has 1 unspecified atom stereocenters. The summed E-state index contributed by atoms with van der Waals surface area (Å²) < 4.78 is 1.96. The number of amides is 1. The Balaban J connectivity index is 0.00000243. The predicted molar refractivity (Wildman–Crippen MR) is 111 cm³/mol. The zero-order chi connectivity index (χ0) is 17.6. The van der Waals surface area contributed by atoms with Crippen molar-refractivity contribution in [2.75, 3.05) is 6.54 Å². The molecular formula is C17H30IN7O. The summed E-state index contributed by atoms with van der Waals surface area (Å²) in [5.41, 5.74) is 0. The Morgan fingerprint density at radius 3 is 2.54 bits per heavy atom. The van der Waals surface area contributed by atoms with Gasteiger partial charge in [-0.1, -0.05) is 19.3 Å². The lowest BCUT2D eigenvalue weighted by molar-refractivity contribution is -0.122. The highest BCUT2D eigenvalue weighted by molar-refractivity contribution is 14.0. The van der Waals surface area contributed by atoms with Gasteiger partial charge in [-0.15, -0.1) is 34.2 Å². The molecule has 1 aliphatic carbocycles. The number of aryl methyl sites for hydroxylation is 1. The predicted octanol–water partition coefficient (Wildman–Crippen LogP) is 1.39. The first-order valence-electron chi connectivity index (χ1n) is 9.31. The molecule has 0 spiro atoms. The molecule has 0 bridgehead atoms. The minimum Gasteiger partial charge on any atom is -0.354 e. The van der Waals surface area contributed by atoms with Crippen molar-refractivity contribution >= 4 is 35.8 Å². The number of guanidine groups is 1. The Labute approximate surface area is 172 Å². The van der Waals surface area contributed by atoms with Crippen LogP contribution in [0.15, 0.2) is 4.99 Å². The van der Waals surface area contributed by atoms with Gasteiger partial charge in [0.05, 0.1) is 0 Å². The molecule has 1 atom stereocenters. The molecule has 8 nitrogen and oxygen atoms in total. The number of hydrogen-bond donors (Lipinski definition) is 3. The van der Waals surface area contributed by atoms with Gasteiger partial charge < -0.3 is 20.5 Å². The summed E-state index contributed by atoms with van der Waals surface area (Å²) in [6, 6.07) is 0.688. The molecule has 3 rings (SSSR count). The monoisotopic (exact) mass is 475 g/mol. The lowest BCUT2D eigenvalue weighted by Crippen LogP contribution is -2.53. The van der Waals surface area contributed by atoms with Crippen LogP contribution in [-0.2, 0) is 18.4 Å². The van der Waals surface area contributed by atoms with E-state index in [1.165, 1.54) is 32.1 Å². The molecule has 146 valence electrons. The number of aromatic nitrogens is 3. The van der Waals surface area contributed by atoms with E-state index in [4.69, 9.17) is 4.99 Å². The Kier molecular flexibility index (Phi) is 8.11. The maximum Gasteiger partial charge on any atom is 0.220 e. The molecule has 2 heterocycles. The fourth-order valence-electron chi connectivity index (χ4n) is 3.36. The van der Waals surface area contributed by atoms with Crippen LogP contribution < -0.4 is 16.0 Å². The van der Waals surface area contributed by atoms with E-state index < -0.39 is 0 Å². The minimum atomic E-state index is 0. The maximum atomic E-state index is 11.4. The van der Waals surface area contributed by atoms with Crippen molar-refractivity contribution in [3.05, 3.63) is 11.6 Å². The summed E-state index contributed by atoms with van der Waals surface area (Å²) in [6.07, 6.45) is 7.64. The average Bonchev–Trinajstić information content (AvgIpc) is 2.94. The fourth-order valence-corrected chi connectivity index (χ4v) is 3.36. The molecule has 1 aliphatic heterocycles. The summed E-state index contributed by atoms with van der Waals surface area (Å²) in [5, 5.41) is 18.3. The van der Waals surface area contributed by atoms with Gasteiger partial charge in [0, 0.05) is 32.1 Å². The van der Waals surface area contributed by atoms with E-state index in [2.05, 4.69) is 26.1 Å². The number of nitrogens with one attached hydrogen (secondary N) is 3. The summed E-state index contributed by atoms with van der Waals surface area (Å²) >= 11 is 0. The van der Waals surface area contributed by atoms with Crippen molar-refractivity contribution in [2.24, 2.45) is 12.0 Å². The van der Waals surface area contributed by atoms with Gasteiger partial charge in [0.25, 0.3) is 0 Å². The summed E-state index contributed by atoms with van der Waals surface area (Å²) in [7, 11) is 1.96. The van der Waals surface area contributed by atoms with Gasteiger partial charge in [0.2, 0.25) is 5.91 Å². The normalized spacial score (nSPS) is 21.7. The zero-order valence-corrected chi connectivity index (χ0v) is 18.0. The third kappa shape index (κ3) is 5.82. The van der Waals surface area contributed by atoms with E-state index in [0.717, 1.165) is 24.0 Å². The molecule has 1 aromatic heterocycles. The topological polar surface area (TPSA) is 96.2 Å². The Bertz CT molecular complexity index is 615. The summed E-state index contributed by atoms with van der Waals surface area (Å²) in [6.45, 7) is 3.07. The van der Waals surface area contributed by atoms with Crippen LogP contribution in [0.5, 0.6) is 0 Å². The third-order valence-corrected chi connectivity index (χ3v) is 5.11. The first-order chi connectivity index (χ1) is 12.1. The maximum absolute atomic E-state index is 11.4. The quantitative estimate of drug-likeness (QED) is 0.348. The van der Waals surface area contributed by atoms with Crippen LogP contribution in [0.4, 0.5) is 0 Å². The zero-order valence-electron chi connectivity index (χ0n) is 15.6. The van der Waals surface area contributed by atoms with Gasteiger partial charge in [-0.3, -0.25) is 4.79 Å². The van der Waals surface area contributed by atoms with Gasteiger partial charge in [-0.2, -0.15) is 0 Å². The summed E-state index contributed by atoms with van der Waals surface area (Å²) in [4.78, 5) is 16.1. The van der Waals surface area contributed by atoms with Crippen LogP contribution in [0.25, 0.3) is 0 Å². The first-order valence-corrected chi connectivity index (χ1v) is 9.31. The van der Waals surface area contributed by atoms with E-state index >= 15 is 0 Å². The van der Waals surface area contributed by atoms with Gasteiger partial charge in [0.1, 0.15) is 12.4 Å². The van der Waals surface area contributed by atoms with Crippen LogP contribution in [0.3, 0.4) is 0 Å². The molecule has 3 N–H and O–H groups in total. The molecule has 2 fully saturated rings. The van der Waals surface area contributed by atoms with Crippen LogP contribution in [0, 0.1) is 6.92 Å². The third-order valence-electron chi connectivity index (χ3n) is 5.11.